The molecule has 0 aliphatic carbocycles. The highest BCUT2D eigenvalue weighted by atomic mass is 16.6. The molecule has 9 nitrogen and oxygen atoms in total. The maximum Gasteiger partial charge on any atom is 0.353 e. The summed E-state index contributed by atoms with van der Waals surface area (Å²) in [5, 5.41) is 17.5. The molecule has 2 N–H and O–H groups in total. The van der Waals surface area contributed by atoms with Gasteiger partial charge in [0.2, 0.25) is 11.6 Å². The van der Waals surface area contributed by atoms with Crippen LogP contribution in [0, 0.1) is 10.1 Å². The minimum atomic E-state index is -0.524. The molecule has 0 aliphatic heterocycles. The second-order valence-corrected chi connectivity index (χ2v) is 5.22. The van der Waals surface area contributed by atoms with E-state index in [-0.39, 0.29) is 17.3 Å². The van der Waals surface area contributed by atoms with Gasteiger partial charge in [0.05, 0.1) is 17.7 Å². The van der Waals surface area contributed by atoms with E-state index in [1.807, 2.05) is 6.07 Å². The van der Waals surface area contributed by atoms with Crippen LogP contribution in [0.4, 0.5) is 23.0 Å². The van der Waals surface area contributed by atoms with Crippen molar-refractivity contribution in [2.45, 2.75) is 6.54 Å². The number of nitrogens with zero attached hydrogens (tertiary/aromatic N) is 4. The summed E-state index contributed by atoms with van der Waals surface area (Å²) in [6.45, 7) is 0.347. The van der Waals surface area contributed by atoms with Gasteiger partial charge in [-0.1, -0.05) is 18.2 Å². The van der Waals surface area contributed by atoms with Crippen LogP contribution in [-0.4, -0.2) is 27.0 Å². The zero-order valence-electron chi connectivity index (χ0n) is 13.9. The number of rotatable bonds is 7. The number of benzene rings is 1. The van der Waals surface area contributed by atoms with E-state index in [9.17, 15) is 10.1 Å². The number of pyridine rings is 1. The monoisotopic (exact) mass is 352 g/mol. The van der Waals surface area contributed by atoms with Gasteiger partial charge in [0.15, 0.2) is 0 Å². The quantitative estimate of drug-likeness (QED) is 0.492. The molecule has 0 saturated carbocycles. The number of nitro groups is 1. The Kier molecular flexibility index (Phi) is 5.18. The highest BCUT2D eigenvalue weighted by Gasteiger charge is 2.23. The molecule has 2 aromatic heterocycles. The molecule has 0 bridgehead atoms. The first kappa shape index (κ1) is 17.1. The molecule has 26 heavy (non-hydrogen) atoms. The first-order valence-corrected chi connectivity index (χ1v) is 7.71. The lowest BCUT2D eigenvalue weighted by molar-refractivity contribution is -0.383. The number of hydrogen-bond acceptors (Lipinski definition) is 8. The van der Waals surface area contributed by atoms with E-state index in [1.165, 1.54) is 13.4 Å². The second kappa shape index (κ2) is 7.88. The van der Waals surface area contributed by atoms with E-state index in [0.29, 0.717) is 18.0 Å². The van der Waals surface area contributed by atoms with Gasteiger partial charge < -0.3 is 15.4 Å². The van der Waals surface area contributed by atoms with E-state index in [2.05, 4.69) is 25.6 Å². The molecule has 0 amide bonds. The molecule has 132 valence electrons. The van der Waals surface area contributed by atoms with E-state index >= 15 is 0 Å². The molecule has 2 heterocycles. The fourth-order valence-electron chi connectivity index (χ4n) is 2.34. The minimum Gasteiger partial charge on any atom is -0.495 e. The number of methoxy groups -OCH3 is 1. The number of ether oxygens (including phenoxy) is 1. The molecule has 9 heteroatoms. The lowest BCUT2D eigenvalue weighted by atomic mass is 10.2. The Hall–Kier alpha value is -3.75. The molecule has 3 aromatic rings. The number of hydrogen-bond donors (Lipinski definition) is 2. The number of nitrogens with one attached hydrogen (secondary N) is 2. The Balaban J connectivity index is 1.90. The Morgan fingerprint density at radius 3 is 2.69 bits per heavy atom. The van der Waals surface area contributed by atoms with Crippen molar-refractivity contribution in [1.82, 2.24) is 15.0 Å². The molecule has 3 rings (SSSR count). The third-order valence-corrected chi connectivity index (χ3v) is 3.55. The molecular formula is C17H16N6O3. The molecule has 0 aliphatic rings. The highest BCUT2D eigenvalue weighted by molar-refractivity contribution is 5.75. The molecule has 0 unspecified atom stereocenters. The average Bonchev–Trinajstić information content (AvgIpc) is 2.67. The molecular weight excluding hydrogens is 336 g/mol. The van der Waals surface area contributed by atoms with Gasteiger partial charge in [0.1, 0.15) is 12.1 Å². The normalized spacial score (nSPS) is 10.2. The zero-order chi connectivity index (χ0) is 18.4. The largest absolute Gasteiger partial charge is 0.495 e. The minimum absolute atomic E-state index is 0.0724. The highest BCUT2D eigenvalue weighted by Crippen LogP contribution is 2.34. The first-order chi connectivity index (χ1) is 12.7. The van der Waals surface area contributed by atoms with Crippen molar-refractivity contribution in [1.29, 1.82) is 0 Å². The van der Waals surface area contributed by atoms with Gasteiger partial charge in [-0.25, -0.2) is 9.97 Å². The lowest BCUT2D eigenvalue weighted by Gasteiger charge is -2.12. The van der Waals surface area contributed by atoms with Crippen LogP contribution >= 0.6 is 0 Å². The fourth-order valence-corrected chi connectivity index (χ4v) is 2.34. The molecule has 0 saturated heterocycles. The standard InChI is InChI=1S/C17H16N6O3/c1-26-14-7-3-2-6-13(14)22-17-15(23(24)25)16(20-11-21-17)19-10-12-5-4-8-18-9-12/h2-9,11H,10H2,1H3,(H2,19,20,21,22). The topological polar surface area (TPSA) is 115 Å². The molecule has 0 radical (unpaired) electrons. The van der Waals surface area contributed by atoms with Gasteiger partial charge >= 0.3 is 5.69 Å². The van der Waals surface area contributed by atoms with Crippen molar-refractivity contribution in [2.75, 3.05) is 17.7 Å². The predicted molar refractivity (Wildman–Crippen MR) is 96.5 cm³/mol. The van der Waals surface area contributed by atoms with Gasteiger partial charge in [-0.2, -0.15) is 0 Å². The summed E-state index contributed by atoms with van der Waals surface area (Å²) in [6.07, 6.45) is 4.59. The van der Waals surface area contributed by atoms with E-state index in [1.54, 1.807) is 42.7 Å². The van der Waals surface area contributed by atoms with E-state index < -0.39 is 4.92 Å². The maximum absolute atomic E-state index is 11.6. The molecule has 0 fully saturated rings. The van der Waals surface area contributed by atoms with Crippen molar-refractivity contribution in [3.8, 4) is 5.75 Å². The fraction of sp³-hybridized carbons (Fsp3) is 0.118. The van der Waals surface area contributed by atoms with Crippen molar-refractivity contribution < 1.29 is 9.66 Å². The lowest BCUT2D eigenvalue weighted by Crippen LogP contribution is -2.08. The van der Waals surface area contributed by atoms with Crippen LogP contribution in [0.15, 0.2) is 55.1 Å². The van der Waals surface area contributed by atoms with Crippen molar-refractivity contribution in [2.24, 2.45) is 0 Å². The Morgan fingerprint density at radius 2 is 1.96 bits per heavy atom. The van der Waals surface area contributed by atoms with Gasteiger partial charge in [0.25, 0.3) is 0 Å². The Bertz CT molecular complexity index is 904. The van der Waals surface area contributed by atoms with Gasteiger partial charge in [-0.05, 0) is 23.8 Å². The Morgan fingerprint density at radius 1 is 1.15 bits per heavy atom. The average molecular weight is 352 g/mol. The van der Waals surface area contributed by atoms with Crippen molar-refractivity contribution in [3.05, 3.63) is 70.8 Å². The van der Waals surface area contributed by atoms with Crippen molar-refractivity contribution >= 4 is 23.0 Å². The molecule has 0 spiro atoms. The third kappa shape index (κ3) is 3.83. The summed E-state index contributed by atoms with van der Waals surface area (Å²) in [7, 11) is 1.52. The molecule has 1 aromatic carbocycles. The molecule has 0 atom stereocenters. The van der Waals surface area contributed by atoms with Gasteiger partial charge in [0, 0.05) is 18.9 Å². The van der Waals surface area contributed by atoms with Crippen LogP contribution in [0.1, 0.15) is 5.56 Å². The third-order valence-electron chi connectivity index (χ3n) is 3.55. The number of para-hydroxylation sites is 2. The number of anilines is 3. The smallest absolute Gasteiger partial charge is 0.353 e. The summed E-state index contributed by atoms with van der Waals surface area (Å²) < 4.78 is 5.26. The van der Waals surface area contributed by atoms with Gasteiger partial charge in [-0.15, -0.1) is 0 Å². The first-order valence-electron chi connectivity index (χ1n) is 7.71. The summed E-state index contributed by atoms with van der Waals surface area (Å²) in [5.41, 5.74) is 1.19. The van der Waals surface area contributed by atoms with Crippen LogP contribution in [0.25, 0.3) is 0 Å². The maximum atomic E-state index is 11.6. The second-order valence-electron chi connectivity index (χ2n) is 5.22. The van der Waals surface area contributed by atoms with Crippen LogP contribution in [0.3, 0.4) is 0 Å². The summed E-state index contributed by atoms with van der Waals surface area (Å²) >= 11 is 0. The van der Waals surface area contributed by atoms with E-state index in [0.717, 1.165) is 5.56 Å². The SMILES string of the molecule is COc1ccccc1Nc1ncnc(NCc2cccnc2)c1[N+](=O)[O-]. The summed E-state index contributed by atoms with van der Waals surface area (Å²) in [4.78, 5) is 23.1. The number of aromatic nitrogens is 3. The van der Waals surface area contributed by atoms with E-state index in [4.69, 9.17) is 4.74 Å². The summed E-state index contributed by atoms with van der Waals surface area (Å²) in [5.74, 6) is 0.736. The summed E-state index contributed by atoms with van der Waals surface area (Å²) in [6, 6.07) is 10.7. The predicted octanol–water partition coefficient (Wildman–Crippen LogP) is 3.14. The zero-order valence-corrected chi connectivity index (χ0v) is 13.9. The van der Waals surface area contributed by atoms with Crippen molar-refractivity contribution in [3.63, 3.8) is 0 Å². The van der Waals surface area contributed by atoms with Gasteiger partial charge in [-0.3, -0.25) is 15.1 Å². The van der Waals surface area contributed by atoms with Crippen LogP contribution < -0.4 is 15.4 Å². The Labute approximate surface area is 149 Å². The van der Waals surface area contributed by atoms with Crippen LogP contribution in [0.2, 0.25) is 0 Å². The van der Waals surface area contributed by atoms with Crippen LogP contribution in [-0.2, 0) is 6.54 Å². The van der Waals surface area contributed by atoms with Crippen LogP contribution in [0.5, 0.6) is 5.75 Å².